The quantitative estimate of drug-likeness (QED) is 0.338. The van der Waals surface area contributed by atoms with Crippen molar-refractivity contribution in [1.29, 1.82) is 0 Å². The fourth-order valence-corrected chi connectivity index (χ4v) is 6.13. The molecule has 2 heterocycles. The second-order valence-electron chi connectivity index (χ2n) is 10.7. The van der Waals surface area contributed by atoms with Crippen molar-refractivity contribution in [3.05, 3.63) is 108 Å². The predicted molar refractivity (Wildman–Crippen MR) is 160 cm³/mol. The van der Waals surface area contributed by atoms with Crippen molar-refractivity contribution >= 4 is 35.6 Å². The topological polar surface area (TPSA) is 114 Å². The molecule has 0 aliphatic carbocycles. The first-order chi connectivity index (χ1) is 20.8. The number of carboxylic acids is 1. The van der Waals surface area contributed by atoms with Crippen LogP contribution >= 0.6 is 11.8 Å². The molecule has 2 saturated heterocycles. The van der Waals surface area contributed by atoms with E-state index in [-0.39, 0.29) is 44.3 Å². The molecule has 11 heteroatoms. The van der Waals surface area contributed by atoms with Gasteiger partial charge in [0.25, 0.3) is 0 Å². The highest BCUT2D eigenvalue weighted by Crippen LogP contribution is 2.32. The van der Waals surface area contributed by atoms with Crippen LogP contribution in [0, 0.1) is 0 Å². The SMILES string of the molecule is O=C(O)CC[C@H]1C(=O)N(CCC(c2ccccc2)c2ccccc2)C[C@H]2N1C(=O)CN(Cl)N2C(=O)NCc1ccccc1. The number of rotatable bonds is 10. The summed E-state index contributed by atoms with van der Waals surface area (Å²) in [6.07, 6.45) is -0.702. The minimum atomic E-state index is -1.07. The molecule has 2 fully saturated rings. The maximum Gasteiger partial charge on any atom is 0.335 e. The Hall–Kier alpha value is -4.41. The number of amides is 4. The summed E-state index contributed by atoms with van der Waals surface area (Å²) >= 11 is 6.47. The standard InChI is InChI=1S/C32H34ClN5O5/c33-36-22-29(39)37-27(16-17-30(40)41)31(42)35(21-28(37)38(36)32(43)34-20-23-10-4-1-5-11-23)19-18-26(24-12-6-2-7-13-24)25-14-8-3-9-15-25/h1-15,26-28H,16-22H2,(H,34,43)(H,40,41)/t27-,28-/m0/s1. The molecule has 2 atom stereocenters. The molecule has 10 nitrogen and oxygen atoms in total. The minimum absolute atomic E-state index is 0.00603. The Balaban J connectivity index is 1.41. The lowest BCUT2D eigenvalue weighted by molar-refractivity contribution is -0.180. The summed E-state index contributed by atoms with van der Waals surface area (Å²) in [5, 5.41) is 13.5. The van der Waals surface area contributed by atoms with Crippen molar-refractivity contribution in [2.24, 2.45) is 0 Å². The third kappa shape index (κ3) is 6.98. The highest BCUT2D eigenvalue weighted by atomic mass is 35.5. The number of nitrogens with zero attached hydrogens (tertiary/aromatic N) is 4. The Bertz CT molecular complexity index is 1390. The van der Waals surface area contributed by atoms with Gasteiger partial charge in [-0.2, -0.15) is 0 Å². The Kier molecular flexibility index (Phi) is 9.58. The van der Waals surface area contributed by atoms with E-state index in [4.69, 9.17) is 11.8 Å². The van der Waals surface area contributed by atoms with Gasteiger partial charge in [-0.05, 0) is 29.5 Å². The number of halogens is 1. The first-order valence-electron chi connectivity index (χ1n) is 14.3. The molecule has 0 saturated carbocycles. The van der Waals surface area contributed by atoms with E-state index in [2.05, 4.69) is 29.6 Å². The van der Waals surface area contributed by atoms with Crippen LogP contribution in [-0.4, -0.2) is 80.1 Å². The Morgan fingerprint density at radius 2 is 1.49 bits per heavy atom. The second kappa shape index (κ2) is 13.7. The number of urea groups is 1. The van der Waals surface area contributed by atoms with E-state index in [0.29, 0.717) is 13.0 Å². The van der Waals surface area contributed by atoms with Crippen LogP contribution < -0.4 is 5.32 Å². The Morgan fingerprint density at radius 3 is 2.07 bits per heavy atom. The van der Waals surface area contributed by atoms with E-state index in [1.807, 2.05) is 66.7 Å². The van der Waals surface area contributed by atoms with Gasteiger partial charge in [-0.25, -0.2) is 9.80 Å². The number of carbonyl (C=O) groups is 4. The normalized spacial score (nSPS) is 19.0. The van der Waals surface area contributed by atoms with Crippen molar-refractivity contribution in [3.63, 3.8) is 0 Å². The molecule has 0 spiro atoms. The number of fused-ring (bicyclic) bond motifs is 1. The zero-order valence-corrected chi connectivity index (χ0v) is 24.3. The highest BCUT2D eigenvalue weighted by molar-refractivity contribution is 6.15. The lowest BCUT2D eigenvalue weighted by Crippen LogP contribution is -2.75. The van der Waals surface area contributed by atoms with Gasteiger partial charge in [-0.15, -0.1) is 4.53 Å². The summed E-state index contributed by atoms with van der Waals surface area (Å²) in [6.45, 7) is 0.268. The smallest absolute Gasteiger partial charge is 0.335 e. The largest absolute Gasteiger partial charge is 0.481 e. The monoisotopic (exact) mass is 603 g/mol. The number of carbonyl (C=O) groups excluding carboxylic acids is 3. The fourth-order valence-electron chi connectivity index (χ4n) is 5.86. The average molecular weight is 604 g/mol. The molecular weight excluding hydrogens is 570 g/mol. The van der Waals surface area contributed by atoms with E-state index >= 15 is 0 Å². The molecule has 224 valence electrons. The van der Waals surface area contributed by atoms with Crippen LogP contribution in [0.2, 0.25) is 0 Å². The van der Waals surface area contributed by atoms with E-state index in [0.717, 1.165) is 21.2 Å². The van der Waals surface area contributed by atoms with Crippen LogP contribution in [0.5, 0.6) is 0 Å². The van der Waals surface area contributed by atoms with Gasteiger partial charge in [-0.3, -0.25) is 14.4 Å². The maximum atomic E-state index is 13.9. The number of benzene rings is 3. The summed E-state index contributed by atoms with van der Waals surface area (Å²) in [7, 11) is 0. The molecule has 0 bridgehead atoms. The fraction of sp³-hybridized carbons (Fsp3) is 0.312. The van der Waals surface area contributed by atoms with Gasteiger partial charge in [-0.1, -0.05) is 91.0 Å². The average Bonchev–Trinajstić information content (AvgIpc) is 3.01. The molecule has 3 aromatic carbocycles. The minimum Gasteiger partial charge on any atom is -0.481 e. The molecule has 43 heavy (non-hydrogen) atoms. The van der Waals surface area contributed by atoms with Crippen LogP contribution in [0.15, 0.2) is 91.0 Å². The van der Waals surface area contributed by atoms with Crippen LogP contribution in [0.25, 0.3) is 0 Å². The first kappa shape index (κ1) is 30.1. The summed E-state index contributed by atoms with van der Waals surface area (Å²) in [5.41, 5.74) is 3.09. The Morgan fingerprint density at radius 1 is 0.907 bits per heavy atom. The van der Waals surface area contributed by atoms with E-state index in [1.165, 1.54) is 9.91 Å². The molecular formula is C32H34ClN5O5. The summed E-state index contributed by atoms with van der Waals surface area (Å²) < 4.78 is 1.04. The molecule has 2 aliphatic rings. The summed E-state index contributed by atoms with van der Waals surface area (Å²) in [4.78, 5) is 55.1. The van der Waals surface area contributed by atoms with E-state index in [1.54, 1.807) is 4.90 Å². The molecule has 5 rings (SSSR count). The van der Waals surface area contributed by atoms with E-state index in [9.17, 15) is 24.3 Å². The zero-order valence-electron chi connectivity index (χ0n) is 23.6. The van der Waals surface area contributed by atoms with Gasteiger partial charge in [0, 0.05) is 37.2 Å². The van der Waals surface area contributed by atoms with Gasteiger partial charge < -0.3 is 20.2 Å². The number of carboxylic acid groups (broad SMARTS) is 1. The van der Waals surface area contributed by atoms with E-state index < -0.39 is 30.1 Å². The number of aliphatic carboxylic acids is 1. The third-order valence-electron chi connectivity index (χ3n) is 7.92. The molecule has 0 aromatic heterocycles. The molecule has 2 N–H and O–H groups in total. The summed E-state index contributed by atoms with van der Waals surface area (Å²) in [5.74, 6) is -1.86. The number of hydrogen-bond acceptors (Lipinski definition) is 5. The van der Waals surface area contributed by atoms with Gasteiger partial charge in [0.2, 0.25) is 11.8 Å². The lowest BCUT2D eigenvalue weighted by atomic mass is 9.88. The molecule has 4 amide bonds. The number of hydrogen-bond donors (Lipinski definition) is 2. The number of piperazine rings is 1. The Labute approximate surface area is 255 Å². The van der Waals surface area contributed by atoms with Crippen molar-refractivity contribution in [3.8, 4) is 0 Å². The van der Waals surface area contributed by atoms with Crippen LogP contribution in [0.4, 0.5) is 4.79 Å². The lowest BCUT2D eigenvalue weighted by Gasteiger charge is -2.53. The predicted octanol–water partition coefficient (Wildman–Crippen LogP) is 4.04. The number of hydrazine groups is 1. The van der Waals surface area contributed by atoms with Crippen molar-refractivity contribution in [2.75, 3.05) is 19.6 Å². The van der Waals surface area contributed by atoms with Gasteiger partial charge >= 0.3 is 12.0 Å². The third-order valence-corrected chi connectivity index (χ3v) is 8.21. The van der Waals surface area contributed by atoms with Crippen LogP contribution in [0.1, 0.15) is 41.9 Å². The summed E-state index contributed by atoms with van der Waals surface area (Å²) in [6, 6.07) is 27.8. The van der Waals surface area contributed by atoms with Crippen LogP contribution in [0.3, 0.4) is 0 Å². The highest BCUT2D eigenvalue weighted by Gasteiger charge is 2.51. The van der Waals surface area contributed by atoms with Gasteiger partial charge in [0.05, 0.1) is 6.54 Å². The molecule has 2 aliphatic heterocycles. The number of nitrogens with one attached hydrogen (secondary N) is 1. The van der Waals surface area contributed by atoms with Crippen molar-refractivity contribution < 1.29 is 24.3 Å². The van der Waals surface area contributed by atoms with Crippen LogP contribution in [-0.2, 0) is 20.9 Å². The molecule has 3 aromatic rings. The van der Waals surface area contributed by atoms with Gasteiger partial charge in [0.1, 0.15) is 18.8 Å². The van der Waals surface area contributed by atoms with Gasteiger partial charge in [0.15, 0.2) is 0 Å². The maximum absolute atomic E-state index is 13.9. The second-order valence-corrected chi connectivity index (χ2v) is 11.1. The molecule has 0 radical (unpaired) electrons. The van der Waals surface area contributed by atoms with Crippen molar-refractivity contribution in [1.82, 2.24) is 24.7 Å². The van der Waals surface area contributed by atoms with Crippen molar-refractivity contribution in [2.45, 2.75) is 43.9 Å². The first-order valence-corrected chi connectivity index (χ1v) is 14.6. The molecule has 0 unspecified atom stereocenters. The zero-order chi connectivity index (χ0) is 30.3.